The summed E-state index contributed by atoms with van der Waals surface area (Å²) in [4.78, 5) is 30.7. The van der Waals surface area contributed by atoms with E-state index in [0.717, 1.165) is 21.7 Å². The van der Waals surface area contributed by atoms with Gasteiger partial charge in [0, 0.05) is 24.3 Å². The van der Waals surface area contributed by atoms with E-state index in [1.54, 1.807) is 34.0 Å². The molecule has 2 aromatic rings. The molecule has 220 valence electrons. The standard InChI is InChI=1S/C33H35NO8/c1-5-40-32(37)26-14-21(18-7-9-25(36)20(13-18)17-6-8-24-19(12-17)10-11-34-24)28-30(39-4)22-15-27(33(2,3)38)42-29(22)23(16-35)31(28)41-26/h6,8,10,12,14,20,27,35,38H,5,7,9,11,13,15-16H2,1-4H3/b21-18-/t20-,27-/m0/s1. The van der Waals surface area contributed by atoms with Crippen LogP contribution in [0.3, 0.4) is 0 Å². The predicted octanol–water partition coefficient (Wildman–Crippen LogP) is 2.81. The van der Waals surface area contributed by atoms with Crippen molar-refractivity contribution in [3.05, 3.63) is 68.4 Å². The van der Waals surface area contributed by atoms with Gasteiger partial charge >= 0.3 is 5.97 Å². The van der Waals surface area contributed by atoms with Crippen LogP contribution >= 0.6 is 0 Å². The van der Waals surface area contributed by atoms with Gasteiger partial charge < -0.3 is 29.2 Å². The number of ether oxygens (including phenoxy) is 4. The van der Waals surface area contributed by atoms with Crippen LogP contribution in [0.15, 0.2) is 40.6 Å². The summed E-state index contributed by atoms with van der Waals surface area (Å²) >= 11 is 0. The van der Waals surface area contributed by atoms with E-state index < -0.39 is 24.3 Å². The summed E-state index contributed by atoms with van der Waals surface area (Å²) in [7, 11) is 1.55. The van der Waals surface area contributed by atoms with Crippen molar-refractivity contribution in [1.29, 1.82) is 0 Å². The molecule has 6 rings (SSSR count). The highest BCUT2D eigenvalue weighted by Gasteiger charge is 2.43. The molecule has 9 nitrogen and oxygen atoms in total. The Balaban J connectivity index is 1.54. The van der Waals surface area contributed by atoms with E-state index in [0.29, 0.717) is 66.0 Å². The van der Waals surface area contributed by atoms with Crippen LogP contribution in [0.2, 0.25) is 0 Å². The molecule has 0 radical (unpaired) electrons. The number of rotatable bonds is 6. The number of hydrogen-bond donors (Lipinski definition) is 2. The minimum absolute atomic E-state index is 0.0252. The van der Waals surface area contributed by atoms with Crippen LogP contribution in [0.1, 0.15) is 68.2 Å². The molecular formula is C33H35NO8. The fourth-order valence-electron chi connectivity index (χ4n) is 6.33. The third-order valence-corrected chi connectivity index (χ3v) is 8.50. The molecule has 3 heterocycles. The first kappa shape index (κ1) is 28.2. The Morgan fingerprint density at radius 2 is 2.00 bits per heavy atom. The Bertz CT molecular complexity index is 1680. The number of allylic oxidation sites excluding steroid dienone is 3. The zero-order valence-corrected chi connectivity index (χ0v) is 24.3. The molecule has 3 aliphatic heterocycles. The van der Waals surface area contributed by atoms with Gasteiger partial charge in [-0.3, -0.25) is 9.79 Å². The van der Waals surface area contributed by atoms with Gasteiger partial charge in [0.05, 0.1) is 49.0 Å². The monoisotopic (exact) mass is 573 g/mol. The molecule has 1 saturated carbocycles. The predicted molar refractivity (Wildman–Crippen MR) is 154 cm³/mol. The molecule has 0 bridgehead atoms. The van der Waals surface area contributed by atoms with Crippen molar-refractivity contribution in [3.8, 4) is 17.2 Å². The van der Waals surface area contributed by atoms with Crippen molar-refractivity contribution in [1.82, 2.24) is 0 Å². The quantitative estimate of drug-likeness (QED) is 0.506. The molecule has 2 atom stereocenters. The Labute approximate surface area is 243 Å². The number of fused-ring (bicyclic) bond motifs is 3. The van der Waals surface area contributed by atoms with Crippen molar-refractivity contribution in [3.63, 3.8) is 0 Å². The highest BCUT2D eigenvalue weighted by atomic mass is 16.6. The summed E-state index contributed by atoms with van der Waals surface area (Å²) in [6, 6.07) is 5.98. The molecule has 0 amide bonds. The van der Waals surface area contributed by atoms with Crippen molar-refractivity contribution in [2.45, 2.75) is 70.7 Å². The van der Waals surface area contributed by atoms with E-state index in [1.807, 2.05) is 18.2 Å². The van der Waals surface area contributed by atoms with Gasteiger partial charge in [0.15, 0.2) is 0 Å². The van der Waals surface area contributed by atoms with E-state index in [-0.39, 0.29) is 29.8 Å². The fourth-order valence-corrected chi connectivity index (χ4v) is 6.33. The number of ketones is 1. The number of benzene rings is 2. The Kier molecular flexibility index (Phi) is 7.19. The topological polar surface area (TPSA) is 124 Å². The first-order chi connectivity index (χ1) is 20.1. The first-order valence-corrected chi connectivity index (χ1v) is 14.4. The SMILES string of the molecule is CCOC(=O)C1=C/C(=C2\CCC(=O)[C@H](c3ccc4c(c3)=CCN=4)C2)c2c(OC)c3c(c(CO)c2O1)O[C@H](C(C)(C)O)C3. The summed E-state index contributed by atoms with van der Waals surface area (Å²) in [5.41, 5.74) is 3.12. The second-order valence-corrected chi connectivity index (χ2v) is 11.6. The second kappa shape index (κ2) is 10.7. The zero-order valence-electron chi connectivity index (χ0n) is 24.3. The van der Waals surface area contributed by atoms with E-state index in [9.17, 15) is 19.8 Å². The molecule has 0 aromatic heterocycles. The lowest BCUT2D eigenvalue weighted by atomic mass is 9.76. The molecule has 0 spiro atoms. The molecule has 2 N–H and O–H groups in total. The molecule has 9 heteroatoms. The third kappa shape index (κ3) is 4.70. The number of methoxy groups -OCH3 is 1. The van der Waals surface area contributed by atoms with Gasteiger partial charge in [0.25, 0.3) is 0 Å². The largest absolute Gasteiger partial charge is 0.496 e. The van der Waals surface area contributed by atoms with E-state index in [4.69, 9.17) is 18.9 Å². The zero-order chi connectivity index (χ0) is 29.8. The number of Topliss-reactive ketones (excluding diaryl/α,β-unsaturated/α-hetero) is 1. The summed E-state index contributed by atoms with van der Waals surface area (Å²) in [5.74, 6) is 0.268. The smallest absolute Gasteiger partial charge is 0.374 e. The van der Waals surface area contributed by atoms with Crippen molar-refractivity contribution in [2.75, 3.05) is 20.3 Å². The van der Waals surface area contributed by atoms with Gasteiger partial charge in [-0.1, -0.05) is 17.7 Å². The maximum absolute atomic E-state index is 13.3. The number of aliphatic hydroxyl groups is 2. The lowest BCUT2D eigenvalue weighted by Gasteiger charge is -2.30. The van der Waals surface area contributed by atoms with Crippen molar-refractivity contribution in [2.24, 2.45) is 4.99 Å². The molecule has 0 unspecified atom stereocenters. The Morgan fingerprint density at radius 1 is 1.19 bits per heavy atom. The van der Waals surface area contributed by atoms with Crippen molar-refractivity contribution < 1.29 is 38.7 Å². The van der Waals surface area contributed by atoms with E-state index in [2.05, 4.69) is 11.1 Å². The van der Waals surface area contributed by atoms with Gasteiger partial charge in [-0.15, -0.1) is 0 Å². The number of carbonyl (C=O) groups excluding carboxylic acids is 2. The van der Waals surface area contributed by atoms with Crippen molar-refractivity contribution >= 4 is 23.4 Å². The molecule has 1 aliphatic carbocycles. The average Bonchev–Trinajstić information content (AvgIpc) is 3.63. The van der Waals surface area contributed by atoms with Crippen LogP contribution in [0.25, 0.3) is 11.6 Å². The summed E-state index contributed by atoms with van der Waals surface area (Å²) in [6.45, 7) is 5.43. The maximum atomic E-state index is 13.3. The molecule has 0 saturated heterocycles. The lowest BCUT2D eigenvalue weighted by molar-refractivity contribution is -0.141. The Hall–Kier alpha value is -3.95. The molecule has 42 heavy (non-hydrogen) atoms. The van der Waals surface area contributed by atoms with Gasteiger partial charge in [0.2, 0.25) is 5.76 Å². The average molecular weight is 574 g/mol. The highest BCUT2D eigenvalue weighted by Crippen LogP contribution is 2.54. The Morgan fingerprint density at radius 3 is 2.71 bits per heavy atom. The number of esters is 1. The summed E-state index contributed by atoms with van der Waals surface area (Å²) < 4.78 is 23.6. The third-order valence-electron chi connectivity index (χ3n) is 8.50. The van der Waals surface area contributed by atoms with Gasteiger partial charge in [0.1, 0.15) is 29.1 Å². The van der Waals surface area contributed by atoms with Crippen LogP contribution in [-0.2, 0) is 27.4 Å². The molecule has 1 fully saturated rings. The van der Waals surface area contributed by atoms with Crippen LogP contribution in [-0.4, -0.2) is 53.9 Å². The normalized spacial score (nSPS) is 22.5. The first-order valence-electron chi connectivity index (χ1n) is 14.4. The number of hydrogen-bond acceptors (Lipinski definition) is 9. The van der Waals surface area contributed by atoms with Crippen LogP contribution in [0, 0.1) is 0 Å². The highest BCUT2D eigenvalue weighted by molar-refractivity contribution is 5.98. The van der Waals surface area contributed by atoms with Crippen LogP contribution < -0.4 is 24.8 Å². The minimum atomic E-state index is -1.16. The number of nitrogens with zero attached hydrogens (tertiary/aromatic N) is 1. The van der Waals surface area contributed by atoms with Gasteiger partial charge in [-0.25, -0.2) is 4.79 Å². The molecule has 2 aromatic carbocycles. The fraction of sp³-hybridized carbons (Fsp3) is 0.424. The summed E-state index contributed by atoms with van der Waals surface area (Å²) in [5, 5.41) is 23.3. The number of carbonyl (C=O) groups is 2. The summed E-state index contributed by atoms with van der Waals surface area (Å²) in [6.07, 6.45) is 4.80. The molecule has 4 aliphatic rings. The van der Waals surface area contributed by atoms with E-state index >= 15 is 0 Å². The van der Waals surface area contributed by atoms with Crippen LogP contribution in [0.4, 0.5) is 0 Å². The van der Waals surface area contributed by atoms with Gasteiger partial charge in [-0.05, 0) is 68.2 Å². The minimum Gasteiger partial charge on any atom is -0.496 e. The van der Waals surface area contributed by atoms with Gasteiger partial charge in [-0.2, -0.15) is 0 Å². The maximum Gasteiger partial charge on any atom is 0.374 e. The van der Waals surface area contributed by atoms with E-state index in [1.165, 1.54) is 0 Å². The second-order valence-electron chi connectivity index (χ2n) is 11.6. The van der Waals surface area contributed by atoms with Crippen LogP contribution in [0.5, 0.6) is 17.2 Å². The number of aliphatic hydroxyl groups excluding tert-OH is 1. The molecular weight excluding hydrogens is 538 g/mol. The lowest BCUT2D eigenvalue weighted by Crippen LogP contribution is -2.39.